The number of aliphatic hydroxyl groups is 1. The number of guanidine groups is 1. The van der Waals surface area contributed by atoms with Gasteiger partial charge in [0.15, 0.2) is 5.96 Å². The first-order valence-electron chi connectivity index (χ1n) is 9.09. The average molecular weight is 475 g/mol. The van der Waals surface area contributed by atoms with Gasteiger partial charge in [-0.3, -0.25) is 4.99 Å². The molecule has 6 nitrogen and oxygen atoms in total. The molecule has 0 bridgehead atoms. The third-order valence-electron chi connectivity index (χ3n) is 5.15. The molecule has 1 aromatic carbocycles. The van der Waals surface area contributed by atoms with Crippen molar-refractivity contribution in [2.75, 3.05) is 46.5 Å². The maximum atomic E-state index is 10.5. The van der Waals surface area contributed by atoms with Crippen molar-refractivity contribution in [1.82, 2.24) is 10.2 Å². The molecule has 26 heavy (non-hydrogen) atoms. The Labute approximate surface area is 173 Å². The number of benzene rings is 1. The quantitative estimate of drug-likeness (QED) is 0.389. The van der Waals surface area contributed by atoms with Crippen LogP contribution in [-0.2, 0) is 4.74 Å². The Morgan fingerprint density at radius 1 is 1.46 bits per heavy atom. The molecule has 0 saturated carbocycles. The van der Waals surface area contributed by atoms with Crippen LogP contribution < -0.4 is 10.1 Å². The summed E-state index contributed by atoms with van der Waals surface area (Å²) in [7, 11) is 1.63. The van der Waals surface area contributed by atoms with Crippen LogP contribution in [0, 0.1) is 5.41 Å². The molecule has 2 fully saturated rings. The smallest absolute Gasteiger partial charge is 0.194 e. The second-order valence-corrected chi connectivity index (χ2v) is 6.96. The summed E-state index contributed by atoms with van der Waals surface area (Å²) in [5, 5.41) is 13.8. The monoisotopic (exact) mass is 475 g/mol. The molecule has 2 saturated heterocycles. The Morgan fingerprint density at radius 2 is 2.31 bits per heavy atom. The number of nitrogens with zero attached hydrogens (tertiary/aromatic N) is 2. The lowest BCUT2D eigenvalue weighted by Gasteiger charge is -2.25. The summed E-state index contributed by atoms with van der Waals surface area (Å²) in [6.45, 7) is 6.91. The Balaban J connectivity index is 0.00000243. The summed E-state index contributed by atoms with van der Waals surface area (Å²) >= 11 is 0. The van der Waals surface area contributed by atoms with Crippen LogP contribution in [0.2, 0.25) is 0 Å². The van der Waals surface area contributed by atoms with Crippen LogP contribution in [0.15, 0.2) is 29.3 Å². The van der Waals surface area contributed by atoms with Gasteiger partial charge >= 0.3 is 0 Å². The van der Waals surface area contributed by atoms with E-state index in [1.807, 2.05) is 24.3 Å². The van der Waals surface area contributed by atoms with E-state index in [4.69, 9.17) is 9.47 Å². The Hall–Kier alpha value is -1.06. The minimum absolute atomic E-state index is 0. The van der Waals surface area contributed by atoms with Gasteiger partial charge in [-0.1, -0.05) is 12.1 Å². The first-order valence-corrected chi connectivity index (χ1v) is 9.09. The molecule has 2 N–H and O–H groups in total. The van der Waals surface area contributed by atoms with Crippen molar-refractivity contribution < 1.29 is 14.6 Å². The van der Waals surface area contributed by atoms with Crippen molar-refractivity contribution in [3.8, 4) is 5.75 Å². The number of aliphatic imine (C=N–C) groups is 1. The zero-order valence-corrected chi connectivity index (χ0v) is 17.9. The highest BCUT2D eigenvalue weighted by Gasteiger charge is 2.42. The van der Waals surface area contributed by atoms with Crippen molar-refractivity contribution in [2.24, 2.45) is 10.4 Å². The van der Waals surface area contributed by atoms with Gasteiger partial charge in [-0.05, 0) is 37.5 Å². The van der Waals surface area contributed by atoms with Gasteiger partial charge in [0.25, 0.3) is 0 Å². The first-order chi connectivity index (χ1) is 12.2. The summed E-state index contributed by atoms with van der Waals surface area (Å²) in [4.78, 5) is 6.98. The number of hydrogen-bond donors (Lipinski definition) is 2. The lowest BCUT2D eigenvalue weighted by atomic mass is 9.87. The number of likely N-dealkylation sites (tertiary alicyclic amines) is 1. The average Bonchev–Trinajstić information content (AvgIpc) is 3.28. The van der Waals surface area contributed by atoms with E-state index in [0.717, 1.165) is 63.0 Å². The van der Waals surface area contributed by atoms with E-state index in [1.165, 1.54) is 0 Å². The molecule has 0 aliphatic carbocycles. The Bertz CT molecular complexity index is 605. The van der Waals surface area contributed by atoms with Crippen LogP contribution in [0.25, 0.3) is 0 Å². The van der Waals surface area contributed by atoms with Gasteiger partial charge in [0.1, 0.15) is 5.75 Å². The molecule has 2 aliphatic heterocycles. The number of aliphatic hydroxyl groups excluding tert-OH is 1. The Morgan fingerprint density at radius 3 is 3.00 bits per heavy atom. The van der Waals surface area contributed by atoms with Crippen molar-refractivity contribution in [3.05, 3.63) is 29.8 Å². The van der Waals surface area contributed by atoms with E-state index < -0.39 is 6.10 Å². The van der Waals surface area contributed by atoms with Crippen LogP contribution in [-0.4, -0.2) is 62.5 Å². The van der Waals surface area contributed by atoms with Crippen molar-refractivity contribution in [1.29, 1.82) is 0 Å². The number of nitrogens with one attached hydrogen (secondary N) is 1. The SMILES string of the molecule is CCNC(=NCC(O)c1cccc(OC)c1)N1CCC2(CCOC2)C1.I. The van der Waals surface area contributed by atoms with E-state index in [-0.39, 0.29) is 24.0 Å². The van der Waals surface area contributed by atoms with E-state index in [9.17, 15) is 5.11 Å². The first kappa shape index (κ1) is 21.2. The number of ether oxygens (including phenoxy) is 2. The highest BCUT2D eigenvalue weighted by molar-refractivity contribution is 14.0. The molecular formula is C19H30IN3O3. The van der Waals surface area contributed by atoms with E-state index >= 15 is 0 Å². The number of rotatable bonds is 5. The molecule has 2 heterocycles. The van der Waals surface area contributed by atoms with Crippen molar-refractivity contribution in [2.45, 2.75) is 25.9 Å². The van der Waals surface area contributed by atoms with Crippen molar-refractivity contribution in [3.63, 3.8) is 0 Å². The van der Waals surface area contributed by atoms with Gasteiger partial charge in [-0.2, -0.15) is 0 Å². The summed E-state index contributed by atoms with van der Waals surface area (Å²) in [6, 6.07) is 7.51. The topological polar surface area (TPSA) is 66.3 Å². The molecule has 0 radical (unpaired) electrons. The molecule has 7 heteroatoms. The number of methoxy groups -OCH3 is 1. The number of halogens is 1. The highest BCUT2D eigenvalue weighted by Crippen LogP contribution is 2.38. The predicted octanol–water partition coefficient (Wildman–Crippen LogP) is 2.42. The van der Waals surface area contributed by atoms with Crippen LogP contribution in [0.1, 0.15) is 31.4 Å². The minimum atomic E-state index is -0.643. The maximum Gasteiger partial charge on any atom is 0.194 e. The summed E-state index contributed by atoms with van der Waals surface area (Å²) < 4.78 is 10.8. The molecule has 2 atom stereocenters. The highest BCUT2D eigenvalue weighted by atomic mass is 127. The summed E-state index contributed by atoms with van der Waals surface area (Å²) in [5.41, 5.74) is 1.11. The van der Waals surface area contributed by atoms with Crippen molar-refractivity contribution >= 4 is 29.9 Å². The van der Waals surface area contributed by atoms with Gasteiger partial charge in [0.2, 0.25) is 0 Å². The van der Waals surface area contributed by atoms with E-state index in [2.05, 4.69) is 22.1 Å². The van der Waals surface area contributed by atoms with Crippen LogP contribution >= 0.6 is 24.0 Å². The van der Waals surface area contributed by atoms with Gasteiger partial charge in [0.05, 0.1) is 26.4 Å². The summed E-state index contributed by atoms with van der Waals surface area (Å²) in [5.74, 6) is 1.63. The largest absolute Gasteiger partial charge is 0.497 e. The standard InChI is InChI=1S/C19H29N3O3.HI/c1-3-20-18(22-9-7-19(13-22)8-10-25-14-19)21-12-17(23)15-5-4-6-16(11-15)24-2;/h4-6,11,17,23H,3,7-10,12-14H2,1-2H3,(H,20,21);1H. The zero-order chi connectivity index (χ0) is 17.7. The fourth-order valence-electron chi connectivity index (χ4n) is 3.64. The lowest BCUT2D eigenvalue weighted by Crippen LogP contribution is -2.41. The second kappa shape index (κ2) is 9.75. The third kappa shape index (κ3) is 5.01. The van der Waals surface area contributed by atoms with E-state index in [0.29, 0.717) is 12.0 Å². The zero-order valence-electron chi connectivity index (χ0n) is 15.6. The second-order valence-electron chi connectivity index (χ2n) is 6.96. The molecule has 0 amide bonds. The Kier molecular flexibility index (Phi) is 7.97. The number of hydrogen-bond acceptors (Lipinski definition) is 4. The van der Waals surface area contributed by atoms with Crippen LogP contribution in [0.5, 0.6) is 5.75 Å². The maximum absolute atomic E-state index is 10.5. The van der Waals surface area contributed by atoms with Gasteiger partial charge in [-0.25, -0.2) is 0 Å². The molecule has 1 spiro atoms. The molecule has 1 aromatic rings. The summed E-state index contributed by atoms with van der Waals surface area (Å²) in [6.07, 6.45) is 1.64. The normalized spacial score (nSPS) is 23.8. The van der Waals surface area contributed by atoms with E-state index in [1.54, 1.807) is 7.11 Å². The van der Waals surface area contributed by atoms with Crippen LogP contribution in [0.3, 0.4) is 0 Å². The van der Waals surface area contributed by atoms with Gasteiger partial charge < -0.3 is 24.8 Å². The third-order valence-corrected chi connectivity index (χ3v) is 5.15. The molecule has 2 unspecified atom stereocenters. The molecule has 0 aromatic heterocycles. The minimum Gasteiger partial charge on any atom is -0.497 e. The fourth-order valence-corrected chi connectivity index (χ4v) is 3.64. The fraction of sp³-hybridized carbons (Fsp3) is 0.632. The van der Waals surface area contributed by atoms with Gasteiger partial charge in [0, 0.05) is 31.7 Å². The molecular weight excluding hydrogens is 445 g/mol. The molecule has 2 aliphatic rings. The molecule has 3 rings (SSSR count). The van der Waals surface area contributed by atoms with Crippen LogP contribution in [0.4, 0.5) is 0 Å². The molecule has 146 valence electrons. The predicted molar refractivity (Wildman–Crippen MR) is 113 cm³/mol. The lowest BCUT2D eigenvalue weighted by molar-refractivity contribution is 0.156. The van der Waals surface area contributed by atoms with Gasteiger partial charge in [-0.15, -0.1) is 24.0 Å².